The first kappa shape index (κ1) is 38.8. The Balaban J connectivity index is 0.000000160. The summed E-state index contributed by atoms with van der Waals surface area (Å²) >= 11 is 0. The predicted molar refractivity (Wildman–Crippen MR) is 215 cm³/mol. The van der Waals surface area contributed by atoms with E-state index in [4.69, 9.17) is 0 Å². The van der Waals surface area contributed by atoms with Crippen molar-refractivity contribution in [3.63, 3.8) is 0 Å². The molecule has 1 aromatic carbocycles. The molecule has 0 saturated heterocycles. The van der Waals surface area contributed by atoms with Crippen molar-refractivity contribution >= 4 is 33.9 Å². The highest BCUT2D eigenvalue weighted by Crippen LogP contribution is 2.67. The molecule has 9 rings (SSSR count). The van der Waals surface area contributed by atoms with Crippen LogP contribution in [-0.2, 0) is 30.0 Å². The van der Waals surface area contributed by atoms with Gasteiger partial charge in [0.2, 0.25) is 0 Å². The Morgan fingerprint density at radius 3 is 1.89 bits per heavy atom. The maximum Gasteiger partial charge on any atom is 0.166 e. The van der Waals surface area contributed by atoms with Crippen LogP contribution in [0, 0.1) is 58.2 Å². The normalized spacial score (nSPS) is 40.9. The lowest BCUT2D eigenvalue weighted by Crippen LogP contribution is -2.56. The Morgan fingerprint density at radius 2 is 1.33 bits per heavy atom. The van der Waals surface area contributed by atoms with Crippen LogP contribution in [0.4, 0.5) is 0 Å². The molecule has 1 N–H and O–H groups in total. The third-order valence-electron chi connectivity index (χ3n) is 16.7. The smallest absolute Gasteiger partial charge is 0.166 e. The summed E-state index contributed by atoms with van der Waals surface area (Å²) in [7, 11) is -1.12. The summed E-state index contributed by atoms with van der Waals surface area (Å²) in [6.07, 6.45) is 17.3. The highest BCUT2D eigenvalue weighted by molar-refractivity contribution is 7.85. The summed E-state index contributed by atoms with van der Waals surface area (Å²) in [4.78, 5) is 49.7. The Bertz CT molecular complexity index is 1940. The van der Waals surface area contributed by atoms with E-state index in [9.17, 15) is 28.5 Å². The number of aliphatic hydroxyl groups is 1. The van der Waals surface area contributed by atoms with E-state index < -0.39 is 16.4 Å². The van der Waals surface area contributed by atoms with E-state index >= 15 is 0 Å². The summed E-state index contributed by atoms with van der Waals surface area (Å²) in [6.45, 7) is 11.7. The summed E-state index contributed by atoms with van der Waals surface area (Å²) < 4.78 is 13.1. The predicted octanol–water partition coefficient (Wildman–Crippen LogP) is 9.05. The second-order valence-electron chi connectivity index (χ2n) is 19.1. The maximum atomic E-state index is 13.1. The van der Waals surface area contributed by atoms with Crippen molar-refractivity contribution in [3.8, 4) is 0 Å². The summed E-state index contributed by atoms with van der Waals surface area (Å²) in [5.74, 6) is 5.41. The quantitative estimate of drug-likeness (QED) is 0.300. The second kappa shape index (κ2) is 14.4. The fourth-order valence-corrected chi connectivity index (χ4v) is 15.6. The van der Waals surface area contributed by atoms with Crippen LogP contribution in [0.2, 0.25) is 0 Å². The number of carbonyl (C=O) groups excluding carboxylic acids is 4. The maximum absolute atomic E-state index is 13.1. The van der Waals surface area contributed by atoms with Crippen LogP contribution in [-0.4, -0.2) is 43.8 Å². The average Bonchev–Trinajstić information content (AvgIpc) is 3.58. The first-order chi connectivity index (χ1) is 26.2. The Kier molecular flexibility index (Phi) is 10.2. The third kappa shape index (κ3) is 6.24. The molecule has 0 heterocycles. The molecule has 0 bridgehead atoms. The number of rotatable bonds is 5. The van der Waals surface area contributed by atoms with E-state index in [0.29, 0.717) is 77.5 Å². The molecule has 55 heavy (non-hydrogen) atoms. The van der Waals surface area contributed by atoms with Crippen LogP contribution in [0.3, 0.4) is 0 Å². The fourth-order valence-electron chi connectivity index (χ4n) is 14.3. The van der Waals surface area contributed by atoms with Crippen molar-refractivity contribution < 1.29 is 28.5 Å². The highest BCUT2D eigenvalue weighted by Gasteiger charge is 2.66. The third-order valence-corrected chi connectivity index (χ3v) is 18.2. The molecule has 0 aromatic heterocycles. The molecule has 0 spiro atoms. The van der Waals surface area contributed by atoms with Crippen molar-refractivity contribution in [3.05, 3.63) is 76.9 Å². The molecule has 8 aliphatic carbocycles. The zero-order valence-electron chi connectivity index (χ0n) is 33.4. The molecule has 294 valence electrons. The van der Waals surface area contributed by atoms with E-state index in [0.717, 1.165) is 98.7 Å². The first-order valence-corrected chi connectivity index (χ1v) is 22.5. The summed E-state index contributed by atoms with van der Waals surface area (Å²) in [5.41, 5.74) is 3.81. The van der Waals surface area contributed by atoms with Crippen LogP contribution in [0.1, 0.15) is 118 Å². The van der Waals surface area contributed by atoms with Crippen molar-refractivity contribution in [2.75, 3.05) is 5.75 Å². The van der Waals surface area contributed by atoms with Gasteiger partial charge >= 0.3 is 0 Å². The highest BCUT2D eigenvalue weighted by atomic mass is 32.2. The molecule has 7 heteroatoms. The first-order valence-electron chi connectivity index (χ1n) is 21.2. The molecule has 0 radical (unpaired) electrons. The molecule has 12 atom stereocenters. The van der Waals surface area contributed by atoms with Crippen LogP contribution in [0.25, 0.3) is 0 Å². The van der Waals surface area contributed by atoms with E-state index in [2.05, 4.69) is 20.4 Å². The van der Waals surface area contributed by atoms with E-state index in [1.807, 2.05) is 42.5 Å². The van der Waals surface area contributed by atoms with Gasteiger partial charge in [0.05, 0.1) is 10.8 Å². The largest absolute Gasteiger partial charge is 0.377 e. The minimum absolute atomic E-state index is 0.0884. The van der Waals surface area contributed by atoms with Crippen molar-refractivity contribution in [2.24, 2.45) is 58.2 Å². The van der Waals surface area contributed by atoms with Crippen molar-refractivity contribution in [1.29, 1.82) is 0 Å². The van der Waals surface area contributed by atoms with E-state index in [1.165, 1.54) is 18.1 Å². The lowest BCUT2D eigenvalue weighted by atomic mass is 9.50. The Labute approximate surface area is 330 Å². The van der Waals surface area contributed by atoms with Gasteiger partial charge in [-0.05, 0) is 179 Å². The molecule has 6 nitrogen and oxygen atoms in total. The number of Topliss-reactive ketones (excluding diaryl/α,β-unsaturated/α-hetero) is 2. The summed E-state index contributed by atoms with van der Waals surface area (Å²) in [6, 6.07) is 9.63. The molecule has 1 unspecified atom stereocenters. The fraction of sp³-hybridized carbons (Fsp3) is 0.625. The lowest BCUT2D eigenvalue weighted by molar-refractivity contribution is -0.152. The average molecular weight is 765 g/mol. The van der Waals surface area contributed by atoms with Gasteiger partial charge in [-0.1, -0.05) is 49.8 Å². The van der Waals surface area contributed by atoms with Gasteiger partial charge in [0.15, 0.2) is 23.1 Å². The van der Waals surface area contributed by atoms with E-state index in [1.54, 1.807) is 6.92 Å². The zero-order chi connectivity index (χ0) is 39.0. The van der Waals surface area contributed by atoms with Crippen molar-refractivity contribution in [1.82, 2.24) is 0 Å². The Morgan fingerprint density at radius 1 is 0.764 bits per heavy atom. The topological polar surface area (TPSA) is 106 Å². The standard InChI is InChI=1S/C27H32O3S.C21H28O3/c1-17(28)26-19(16-31(30)21-6-4-3-5-7-21)15-25-24-10-8-18-14-20(29)9-11-22(18)23(24)12-13-27(25,26)2;1-12-10-19-18-6-4-14-11-15(23)5-7-16(14)17(18)8-9-20(19,3)21(12,24)13(2)22/h3-7,14,22-25H,8-13,15-16H2,1-2H3;11,16-19,24H,1,4-10H2,2-3H3/t22-,23+,24+,25-,27-,31?;16-,17+,18+,19-,20-,21-/m00/s1. The van der Waals surface area contributed by atoms with Crippen LogP contribution in [0.15, 0.2) is 81.8 Å². The minimum Gasteiger partial charge on any atom is -0.377 e. The number of hydrogen-bond donors (Lipinski definition) is 1. The molecular formula is C48H60O6S. The van der Waals surface area contributed by atoms with Gasteiger partial charge in [0.25, 0.3) is 0 Å². The SMILES string of the molecule is C=C1C[C@H]2[C@@H]3CCC4=CC(=O)CC[C@@H]4[C@H]3CC[C@]2(C)[C@@]1(O)C(C)=O.CC(=O)C1=C(CS(=O)c2ccccc2)C[C@H]2[C@@H]3CCC4=CC(=O)CC[C@@H]4[C@H]3CC[C@]12C. The van der Waals surface area contributed by atoms with Gasteiger partial charge in [-0.25, -0.2) is 0 Å². The number of ketones is 4. The molecule has 5 fully saturated rings. The van der Waals surface area contributed by atoms with Crippen LogP contribution >= 0.6 is 0 Å². The van der Waals surface area contributed by atoms with Gasteiger partial charge < -0.3 is 5.11 Å². The molecule has 0 aliphatic heterocycles. The molecular weight excluding hydrogens is 705 g/mol. The zero-order valence-corrected chi connectivity index (χ0v) is 34.2. The van der Waals surface area contributed by atoms with Crippen molar-refractivity contribution in [2.45, 2.75) is 128 Å². The van der Waals surface area contributed by atoms with Gasteiger partial charge in [-0.2, -0.15) is 0 Å². The number of hydrogen-bond acceptors (Lipinski definition) is 6. The number of fused-ring (bicyclic) bond motifs is 10. The minimum atomic E-state index is -1.35. The Hall–Kier alpha value is -3.03. The molecule has 8 aliphatic rings. The van der Waals surface area contributed by atoms with Crippen LogP contribution in [0.5, 0.6) is 0 Å². The monoisotopic (exact) mass is 764 g/mol. The molecule has 5 saturated carbocycles. The summed E-state index contributed by atoms with van der Waals surface area (Å²) in [5, 5.41) is 11.2. The van der Waals surface area contributed by atoms with Gasteiger partial charge in [0, 0.05) is 34.5 Å². The number of carbonyl (C=O) groups is 4. The van der Waals surface area contributed by atoms with Gasteiger partial charge in [0.1, 0.15) is 5.60 Å². The number of allylic oxidation sites excluding steroid dienone is 4. The number of benzene rings is 1. The van der Waals surface area contributed by atoms with Gasteiger partial charge in [-0.15, -0.1) is 0 Å². The van der Waals surface area contributed by atoms with Crippen LogP contribution < -0.4 is 0 Å². The lowest BCUT2D eigenvalue weighted by Gasteiger charge is -2.55. The molecule has 1 aromatic rings. The molecule has 0 amide bonds. The van der Waals surface area contributed by atoms with Gasteiger partial charge in [-0.3, -0.25) is 23.4 Å². The van der Waals surface area contributed by atoms with E-state index in [-0.39, 0.29) is 22.4 Å². The second-order valence-corrected chi connectivity index (χ2v) is 20.6.